The Morgan fingerprint density at radius 3 is 2.33 bits per heavy atom. The first kappa shape index (κ1) is 30.1. The molecule has 7 atom stereocenters. The maximum Gasteiger partial charge on any atom is 0.471 e. The van der Waals surface area contributed by atoms with Crippen molar-refractivity contribution in [1.82, 2.24) is 20.9 Å². The van der Waals surface area contributed by atoms with E-state index in [0.717, 1.165) is 12.8 Å². The van der Waals surface area contributed by atoms with Crippen molar-refractivity contribution in [3.63, 3.8) is 0 Å². The highest BCUT2D eigenvalue weighted by Gasteiger charge is 2.70. The Hall–Kier alpha value is -2.88. The van der Waals surface area contributed by atoms with Crippen molar-refractivity contribution in [3.05, 3.63) is 0 Å². The van der Waals surface area contributed by atoms with Crippen molar-refractivity contribution < 1.29 is 37.1 Å². The lowest BCUT2D eigenvalue weighted by Crippen LogP contribution is -2.61. The number of piperidine rings is 1. The third-order valence-electron chi connectivity index (χ3n) is 8.82. The molecule has 2 aliphatic heterocycles. The average Bonchev–Trinajstić information content (AvgIpc) is 3.53. The maximum absolute atomic E-state index is 13.7. The smallest absolute Gasteiger partial charge is 0.370 e. The zero-order valence-electron chi connectivity index (χ0n) is 23.6. The van der Waals surface area contributed by atoms with E-state index < -0.39 is 59.6 Å². The van der Waals surface area contributed by atoms with Crippen LogP contribution in [0.5, 0.6) is 0 Å². The summed E-state index contributed by atoms with van der Waals surface area (Å²) >= 11 is 0. The number of rotatable bonds is 8. The first-order valence-corrected chi connectivity index (χ1v) is 13.7. The first-order chi connectivity index (χ1) is 18.3. The van der Waals surface area contributed by atoms with E-state index in [4.69, 9.17) is 4.74 Å². The van der Waals surface area contributed by atoms with Crippen molar-refractivity contribution in [3.8, 4) is 6.07 Å². The number of amides is 4. The number of carbonyl (C=O) groups is 4. The number of hydrogen-bond acceptors (Lipinski definition) is 6. The number of hydrogen-bond donors (Lipinski definition) is 3. The molecule has 13 heteroatoms. The summed E-state index contributed by atoms with van der Waals surface area (Å²) in [5, 5.41) is 17.2. The number of likely N-dealkylation sites (tertiary alicyclic amines) is 1. The van der Waals surface area contributed by atoms with E-state index in [2.05, 4.69) is 10.6 Å². The minimum Gasteiger partial charge on any atom is -0.370 e. The molecular formula is C27H38F3N5O5. The molecule has 1 unspecified atom stereocenters. The van der Waals surface area contributed by atoms with Gasteiger partial charge in [-0.25, -0.2) is 0 Å². The summed E-state index contributed by atoms with van der Waals surface area (Å²) in [4.78, 5) is 52.8. The number of ether oxygens (including phenoxy) is 1. The van der Waals surface area contributed by atoms with Gasteiger partial charge in [0.15, 0.2) is 0 Å². The van der Waals surface area contributed by atoms with Crippen molar-refractivity contribution in [2.24, 2.45) is 23.2 Å². The van der Waals surface area contributed by atoms with Gasteiger partial charge in [-0.3, -0.25) is 19.2 Å². The zero-order valence-corrected chi connectivity index (χ0v) is 23.6. The monoisotopic (exact) mass is 569 g/mol. The second-order valence-corrected chi connectivity index (χ2v) is 13.4. The van der Waals surface area contributed by atoms with Crippen LogP contribution in [0.2, 0.25) is 0 Å². The van der Waals surface area contributed by atoms with Gasteiger partial charge in [-0.05, 0) is 70.6 Å². The molecule has 0 aromatic rings. The Morgan fingerprint density at radius 2 is 1.82 bits per heavy atom. The van der Waals surface area contributed by atoms with Gasteiger partial charge < -0.3 is 25.6 Å². The quantitative estimate of drug-likeness (QED) is 0.407. The third kappa shape index (κ3) is 5.92. The van der Waals surface area contributed by atoms with E-state index in [0.29, 0.717) is 6.42 Å². The minimum absolute atomic E-state index is 0.0825. The largest absolute Gasteiger partial charge is 0.471 e. The van der Waals surface area contributed by atoms with Crippen molar-refractivity contribution in [2.45, 2.75) is 109 Å². The molecule has 2 saturated carbocycles. The van der Waals surface area contributed by atoms with E-state index in [-0.39, 0.29) is 41.7 Å². The van der Waals surface area contributed by atoms with E-state index in [9.17, 15) is 37.6 Å². The Kier molecular flexibility index (Phi) is 7.44. The Morgan fingerprint density at radius 1 is 1.20 bits per heavy atom. The normalized spacial score (nSPS) is 30.0. The lowest BCUT2D eigenvalue weighted by atomic mass is 9.95. The standard InChI is InChI=1S/C27H38F3N5O5/c1-13(40-24(2,3)4)18(33-23(39)27(28,29)30)22(38)35-12-16-17(25(16,5)6)19(35)21(37)32-15(11-31)9-14-10-26(7-8-26)34-20(14)36/h13-19H,7-10,12H2,1-6H3,(H,32,37)(H,33,39)(H,34,36)/t13-,14-,15+,16+,17+,18+,19?/m1/s1. The van der Waals surface area contributed by atoms with Crippen LogP contribution in [0.15, 0.2) is 0 Å². The summed E-state index contributed by atoms with van der Waals surface area (Å²) in [6, 6.07) is -1.70. The van der Waals surface area contributed by atoms with Gasteiger partial charge in [-0.2, -0.15) is 18.4 Å². The van der Waals surface area contributed by atoms with E-state index in [1.54, 1.807) is 26.1 Å². The molecule has 222 valence electrons. The highest BCUT2D eigenvalue weighted by molar-refractivity contribution is 5.95. The summed E-state index contributed by atoms with van der Waals surface area (Å²) in [5.74, 6) is -4.69. The van der Waals surface area contributed by atoms with Crippen molar-refractivity contribution in [1.29, 1.82) is 5.26 Å². The fourth-order valence-corrected chi connectivity index (χ4v) is 6.56. The summed E-state index contributed by atoms with van der Waals surface area (Å²) in [5.41, 5.74) is -1.32. The molecule has 1 spiro atoms. The number of carbonyl (C=O) groups excluding carboxylic acids is 4. The fourth-order valence-electron chi connectivity index (χ4n) is 6.56. The SMILES string of the molecule is C[C@@H](OC(C)(C)C)[C@H](NC(=O)C(F)(F)F)C(=O)N1C[C@H]2[C@@H](C1C(=O)N[C@H](C#N)C[C@@H]1CC3(CC3)NC1=O)C2(C)C. The minimum atomic E-state index is -5.22. The number of halogens is 3. The Balaban J connectivity index is 1.53. The second kappa shape index (κ2) is 9.89. The molecule has 4 fully saturated rings. The van der Waals surface area contributed by atoms with Crippen LogP contribution in [0.1, 0.15) is 67.2 Å². The van der Waals surface area contributed by atoms with Gasteiger partial charge >= 0.3 is 12.1 Å². The van der Waals surface area contributed by atoms with Gasteiger partial charge in [0.05, 0.1) is 17.8 Å². The molecule has 0 aromatic carbocycles. The molecule has 4 rings (SSSR count). The molecule has 2 aliphatic carbocycles. The summed E-state index contributed by atoms with van der Waals surface area (Å²) in [6.07, 6.45) is -3.88. The number of nitrogens with one attached hydrogen (secondary N) is 3. The van der Waals surface area contributed by atoms with Gasteiger partial charge in [0.1, 0.15) is 18.1 Å². The molecule has 0 bridgehead atoms. The fraction of sp³-hybridized carbons (Fsp3) is 0.815. The lowest BCUT2D eigenvalue weighted by molar-refractivity contribution is -0.177. The molecular weight excluding hydrogens is 531 g/mol. The second-order valence-electron chi connectivity index (χ2n) is 13.4. The summed E-state index contributed by atoms with van der Waals surface area (Å²) < 4.78 is 45.2. The molecule has 40 heavy (non-hydrogen) atoms. The van der Waals surface area contributed by atoms with Crippen LogP contribution in [0.3, 0.4) is 0 Å². The Bertz CT molecular complexity index is 1120. The third-order valence-corrected chi connectivity index (χ3v) is 8.82. The van der Waals surface area contributed by atoms with Crippen LogP contribution in [0.4, 0.5) is 13.2 Å². The van der Waals surface area contributed by atoms with Gasteiger partial charge in [-0.15, -0.1) is 0 Å². The van der Waals surface area contributed by atoms with Crippen LogP contribution in [0, 0.1) is 34.5 Å². The van der Waals surface area contributed by atoms with Crippen LogP contribution in [-0.4, -0.2) is 76.6 Å². The topological polar surface area (TPSA) is 141 Å². The Labute approximate surface area is 231 Å². The molecule has 4 aliphatic rings. The average molecular weight is 570 g/mol. The van der Waals surface area contributed by atoms with E-state index >= 15 is 0 Å². The van der Waals surface area contributed by atoms with Gasteiger partial charge in [-0.1, -0.05) is 13.8 Å². The number of nitriles is 1. The highest BCUT2D eigenvalue weighted by Crippen LogP contribution is 2.65. The maximum atomic E-state index is 13.7. The molecule has 10 nitrogen and oxygen atoms in total. The highest BCUT2D eigenvalue weighted by atomic mass is 19.4. The predicted molar refractivity (Wildman–Crippen MR) is 135 cm³/mol. The summed E-state index contributed by atoms with van der Waals surface area (Å²) in [6.45, 7) is 10.4. The van der Waals surface area contributed by atoms with E-state index in [1.165, 1.54) is 11.8 Å². The van der Waals surface area contributed by atoms with Crippen LogP contribution >= 0.6 is 0 Å². The summed E-state index contributed by atoms with van der Waals surface area (Å²) in [7, 11) is 0. The van der Waals surface area contributed by atoms with Crippen molar-refractivity contribution >= 4 is 23.6 Å². The number of alkyl halides is 3. The molecule has 2 saturated heterocycles. The predicted octanol–water partition coefficient (Wildman–Crippen LogP) is 1.79. The molecule has 0 radical (unpaired) electrons. The van der Waals surface area contributed by atoms with Crippen LogP contribution in [0.25, 0.3) is 0 Å². The number of fused-ring (bicyclic) bond motifs is 1. The lowest BCUT2D eigenvalue weighted by Gasteiger charge is -2.36. The van der Waals surface area contributed by atoms with Crippen molar-refractivity contribution in [2.75, 3.05) is 6.54 Å². The number of nitrogens with zero attached hydrogens (tertiary/aromatic N) is 2. The first-order valence-electron chi connectivity index (χ1n) is 13.7. The van der Waals surface area contributed by atoms with E-state index in [1.807, 2.05) is 19.9 Å². The molecule has 0 aromatic heterocycles. The molecule has 2 heterocycles. The van der Waals surface area contributed by atoms with Gasteiger partial charge in [0.25, 0.3) is 0 Å². The van der Waals surface area contributed by atoms with Gasteiger partial charge in [0.2, 0.25) is 17.7 Å². The molecule has 4 amide bonds. The van der Waals surface area contributed by atoms with Gasteiger partial charge in [0, 0.05) is 18.0 Å². The van der Waals surface area contributed by atoms with Crippen LogP contribution < -0.4 is 16.0 Å². The zero-order chi connectivity index (χ0) is 30.0. The van der Waals surface area contributed by atoms with Crippen LogP contribution in [-0.2, 0) is 23.9 Å². The molecule has 3 N–H and O–H groups in total.